The van der Waals surface area contributed by atoms with Crippen molar-refractivity contribution in [1.29, 1.82) is 0 Å². The van der Waals surface area contributed by atoms with Crippen LogP contribution in [0.2, 0.25) is 0 Å². The monoisotopic (exact) mass is 804 g/mol. The summed E-state index contributed by atoms with van der Waals surface area (Å²) in [5.41, 5.74) is 17.5. The summed E-state index contributed by atoms with van der Waals surface area (Å²) in [5.74, 6) is 0. The number of nitrogens with zero attached hydrogens (tertiary/aromatic N) is 2. The first-order chi connectivity index (χ1) is 31.2. The van der Waals surface area contributed by atoms with Crippen LogP contribution in [0.4, 0.5) is 17.1 Å². The van der Waals surface area contributed by atoms with Crippen LogP contribution in [0.25, 0.3) is 93.9 Å². The maximum absolute atomic E-state index is 6.71. The molecular formula is C60H40N2O. The van der Waals surface area contributed by atoms with Gasteiger partial charge in [-0.2, -0.15) is 0 Å². The van der Waals surface area contributed by atoms with Gasteiger partial charge in [0.2, 0.25) is 0 Å². The highest BCUT2D eigenvalue weighted by molar-refractivity contribution is 6.11. The molecule has 0 saturated heterocycles. The first-order valence-corrected chi connectivity index (χ1v) is 21.5. The van der Waals surface area contributed by atoms with Gasteiger partial charge in [-0.15, -0.1) is 0 Å². The predicted octanol–water partition coefficient (Wildman–Crippen LogP) is 16.8. The van der Waals surface area contributed by atoms with Crippen molar-refractivity contribution in [3.63, 3.8) is 0 Å². The molecule has 3 heteroatoms. The molecule has 0 aliphatic rings. The molecule has 0 fully saturated rings. The quantitative estimate of drug-likeness (QED) is 0.153. The zero-order valence-corrected chi connectivity index (χ0v) is 34.4. The molecule has 0 aliphatic heterocycles. The summed E-state index contributed by atoms with van der Waals surface area (Å²) in [6, 6.07) is 87.1. The van der Waals surface area contributed by atoms with E-state index in [2.05, 4.69) is 246 Å². The number of benzene rings is 10. The molecule has 10 aromatic carbocycles. The molecule has 0 unspecified atom stereocenters. The summed E-state index contributed by atoms with van der Waals surface area (Å²) < 4.78 is 9.10. The molecule has 0 N–H and O–H groups in total. The lowest BCUT2D eigenvalue weighted by Gasteiger charge is -2.27. The van der Waals surface area contributed by atoms with Gasteiger partial charge < -0.3 is 13.9 Å². The van der Waals surface area contributed by atoms with Gasteiger partial charge in [0, 0.05) is 49.9 Å². The number of hydrogen-bond donors (Lipinski definition) is 0. The number of para-hydroxylation sites is 4. The largest absolute Gasteiger partial charge is 0.455 e. The van der Waals surface area contributed by atoms with E-state index in [1.54, 1.807) is 0 Å². The highest BCUT2D eigenvalue weighted by atomic mass is 16.3. The molecule has 296 valence electrons. The van der Waals surface area contributed by atoms with Crippen molar-refractivity contribution in [2.45, 2.75) is 0 Å². The fourth-order valence-corrected chi connectivity index (χ4v) is 9.43. The standard InChI is InChI=1S/C60H40N2O/c1-3-15-41(16-4-1)43-29-33-46(34-30-43)61(47-35-31-44(32-36-47)42-17-5-2-6-18-42)49-37-38-50(54-24-14-25-55-53-23-9-12-28-59(53)63-60(54)55)56(40-49)45-19-13-20-48(39-45)62-57-26-10-7-21-51(57)52-22-8-11-27-58(52)62/h1-40H. The number of aromatic nitrogens is 1. The Morgan fingerprint density at radius 3 is 1.43 bits per heavy atom. The minimum absolute atomic E-state index is 0.885. The molecule has 0 atom stereocenters. The smallest absolute Gasteiger partial charge is 0.143 e. The van der Waals surface area contributed by atoms with Gasteiger partial charge in [0.15, 0.2) is 0 Å². The number of hydrogen-bond acceptors (Lipinski definition) is 2. The van der Waals surface area contributed by atoms with E-state index >= 15 is 0 Å². The second kappa shape index (κ2) is 15.3. The van der Waals surface area contributed by atoms with Crippen LogP contribution in [0.5, 0.6) is 0 Å². The average Bonchev–Trinajstić information content (AvgIpc) is 3.91. The number of furan rings is 1. The Morgan fingerprint density at radius 2 is 0.794 bits per heavy atom. The Balaban J connectivity index is 1.08. The summed E-state index contributed by atoms with van der Waals surface area (Å²) in [4.78, 5) is 2.37. The molecule has 0 saturated carbocycles. The molecule has 2 aromatic heterocycles. The van der Waals surface area contributed by atoms with Crippen molar-refractivity contribution in [1.82, 2.24) is 4.57 Å². The van der Waals surface area contributed by atoms with Gasteiger partial charge in [-0.25, -0.2) is 0 Å². The van der Waals surface area contributed by atoms with Crippen LogP contribution in [-0.2, 0) is 0 Å². The SMILES string of the molecule is c1ccc(-c2ccc(N(c3ccc(-c4ccccc4)cc3)c3ccc(-c4cccc5c4oc4ccccc45)c(-c4cccc(-n5c6ccccc6c6ccccc65)c4)c3)cc2)cc1. The van der Waals surface area contributed by atoms with Crippen LogP contribution in [-0.4, -0.2) is 4.57 Å². The molecule has 0 radical (unpaired) electrons. The van der Waals surface area contributed by atoms with Crippen LogP contribution in [0.15, 0.2) is 247 Å². The van der Waals surface area contributed by atoms with E-state index in [-0.39, 0.29) is 0 Å². The summed E-state index contributed by atoms with van der Waals surface area (Å²) in [6.45, 7) is 0. The number of anilines is 3. The van der Waals surface area contributed by atoms with Gasteiger partial charge in [-0.3, -0.25) is 0 Å². The van der Waals surface area contributed by atoms with E-state index in [1.165, 1.54) is 44.1 Å². The Kier molecular flexibility index (Phi) is 8.83. The highest BCUT2D eigenvalue weighted by Crippen LogP contribution is 2.45. The zero-order valence-electron chi connectivity index (χ0n) is 34.4. The topological polar surface area (TPSA) is 21.3 Å². The summed E-state index contributed by atoms with van der Waals surface area (Å²) >= 11 is 0. The van der Waals surface area contributed by atoms with Gasteiger partial charge in [0.1, 0.15) is 11.2 Å². The van der Waals surface area contributed by atoms with Crippen LogP contribution >= 0.6 is 0 Å². The highest BCUT2D eigenvalue weighted by Gasteiger charge is 2.21. The van der Waals surface area contributed by atoms with Gasteiger partial charge in [-0.1, -0.05) is 176 Å². The molecule has 0 bridgehead atoms. The van der Waals surface area contributed by atoms with E-state index in [0.29, 0.717) is 0 Å². The van der Waals surface area contributed by atoms with Crippen LogP contribution in [0.3, 0.4) is 0 Å². The molecular weight excluding hydrogens is 765 g/mol. The third kappa shape index (κ3) is 6.38. The molecule has 12 rings (SSSR count). The summed E-state index contributed by atoms with van der Waals surface area (Å²) in [6.07, 6.45) is 0. The molecule has 0 amide bonds. The molecule has 0 aliphatic carbocycles. The van der Waals surface area contributed by atoms with Crippen molar-refractivity contribution in [3.8, 4) is 50.2 Å². The summed E-state index contributed by atoms with van der Waals surface area (Å²) in [7, 11) is 0. The maximum Gasteiger partial charge on any atom is 0.143 e. The Hall–Kier alpha value is -8.40. The van der Waals surface area contributed by atoms with Crippen molar-refractivity contribution >= 4 is 60.8 Å². The molecule has 63 heavy (non-hydrogen) atoms. The van der Waals surface area contributed by atoms with Crippen molar-refractivity contribution in [2.75, 3.05) is 4.90 Å². The third-order valence-corrected chi connectivity index (χ3v) is 12.4. The average molecular weight is 805 g/mol. The first kappa shape index (κ1) is 36.5. The van der Waals surface area contributed by atoms with Crippen LogP contribution in [0.1, 0.15) is 0 Å². The van der Waals surface area contributed by atoms with Gasteiger partial charge in [0.25, 0.3) is 0 Å². The van der Waals surface area contributed by atoms with E-state index in [4.69, 9.17) is 4.42 Å². The molecule has 12 aromatic rings. The lowest BCUT2D eigenvalue weighted by Crippen LogP contribution is -2.10. The second-order valence-corrected chi connectivity index (χ2v) is 16.1. The minimum atomic E-state index is 0.885. The van der Waals surface area contributed by atoms with E-state index in [1.807, 2.05) is 6.07 Å². The van der Waals surface area contributed by atoms with Crippen LogP contribution in [0, 0.1) is 0 Å². The van der Waals surface area contributed by atoms with E-state index in [0.717, 1.165) is 66.9 Å². The lowest BCUT2D eigenvalue weighted by atomic mass is 9.92. The lowest BCUT2D eigenvalue weighted by molar-refractivity contribution is 0.670. The Morgan fingerprint density at radius 1 is 0.302 bits per heavy atom. The van der Waals surface area contributed by atoms with Gasteiger partial charge >= 0.3 is 0 Å². The van der Waals surface area contributed by atoms with Crippen LogP contribution < -0.4 is 4.90 Å². The van der Waals surface area contributed by atoms with Gasteiger partial charge in [-0.05, 0) is 106 Å². The normalized spacial score (nSPS) is 11.5. The van der Waals surface area contributed by atoms with E-state index < -0.39 is 0 Å². The van der Waals surface area contributed by atoms with Gasteiger partial charge in [0.05, 0.1) is 11.0 Å². The third-order valence-electron chi connectivity index (χ3n) is 12.4. The summed E-state index contributed by atoms with van der Waals surface area (Å²) in [5, 5.41) is 4.70. The fraction of sp³-hybridized carbons (Fsp3) is 0. The predicted molar refractivity (Wildman–Crippen MR) is 264 cm³/mol. The van der Waals surface area contributed by atoms with Crippen molar-refractivity contribution in [2.24, 2.45) is 0 Å². The molecule has 0 spiro atoms. The fourth-order valence-electron chi connectivity index (χ4n) is 9.43. The van der Waals surface area contributed by atoms with Crippen molar-refractivity contribution in [3.05, 3.63) is 243 Å². The minimum Gasteiger partial charge on any atom is -0.455 e. The van der Waals surface area contributed by atoms with E-state index in [9.17, 15) is 0 Å². The first-order valence-electron chi connectivity index (χ1n) is 21.5. The maximum atomic E-state index is 6.71. The van der Waals surface area contributed by atoms with Crippen molar-refractivity contribution < 1.29 is 4.42 Å². The second-order valence-electron chi connectivity index (χ2n) is 16.1. The molecule has 3 nitrogen and oxygen atoms in total. The molecule has 2 heterocycles. The zero-order chi connectivity index (χ0) is 41.7. The Labute approximate surface area is 366 Å². The number of fused-ring (bicyclic) bond motifs is 6. The number of rotatable bonds is 8. The Bertz CT molecular complexity index is 3470.